The summed E-state index contributed by atoms with van der Waals surface area (Å²) in [4.78, 5) is 22.5. The van der Waals surface area contributed by atoms with E-state index in [1.165, 1.54) is 193 Å². The summed E-state index contributed by atoms with van der Waals surface area (Å²) in [5, 5.41) is 0. The van der Waals surface area contributed by atoms with Crippen molar-refractivity contribution in [3.8, 4) is 0 Å². The van der Waals surface area contributed by atoms with Crippen LogP contribution in [0.25, 0.3) is 0 Å². The number of esters is 1. The minimum absolute atomic E-state index is 0.0919. The molecule has 0 spiro atoms. The third-order valence-electron chi connectivity index (χ3n) is 10.7. The van der Waals surface area contributed by atoms with E-state index in [0.29, 0.717) is 13.0 Å². The Balaban J connectivity index is 3.90. The molecular weight excluding hydrogens is 721 g/mol. The molecule has 0 aromatic carbocycles. The Hall–Kier alpha value is -0.760. The topological polar surface area (TPSA) is 117 Å². The number of unbranched alkanes of at least 4 members (excludes halogenated alkanes) is 32. The fourth-order valence-electron chi connectivity index (χ4n) is 7.11. The van der Waals surface area contributed by atoms with Crippen molar-refractivity contribution in [2.75, 3.05) is 33.0 Å². The van der Waals surface area contributed by atoms with E-state index < -0.39 is 13.9 Å². The summed E-state index contributed by atoms with van der Waals surface area (Å²) in [7, 11) is -4.27. The van der Waals surface area contributed by atoms with Gasteiger partial charge in [-0.1, -0.05) is 212 Å². The Morgan fingerprint density at radius 1 is 0.518 bits per heavy atom. The number of carbonyl (C=O) groups excluding carboxylic acids is 1. The van der Waals surface area contributed by atoms with Crippen LogP contribution < -0.4 is 5.73 Å². The molecule has 0 rings (SSSR count). The summed E-state index contributed by atoms with van der Waals surface area (Å²) in [6, 6.07) is 0. The number of carbonyl (C=O) groups is 1. The highest BCUT2D eigenvalue weighted by Crippen LogP contribution is 2.43. The number of phosphoric acid groups is 1. The zero-order chi connectivity index (χ0) is 40.9. The summed E-state index contributed by atoms with van der Waals surface area (Å²) in [5.41, 5.74) is 5.38. The van der Waals surface area contributed by atoms with Gasteiger partial charge in [0.1, 0.15) is 6.10 Å². The zero-order valence-electron chi connectivity index (χ0n) is 37.1. The number of allylic oxidation sites excluding steroid dienone is 2. The molecule has 0 heterocycles. The molecule has 0 saturated carbocycles. The van der Waals surface area contributed by atoms with Gasteiger partial charge in [0.05, 0.1) is 19.8 Å². The maximum Gasteiger partial charge on any atom is 0.472 e. The molecule has 0 amide bonds. The van der Waals surface area contributed by atoms with Gasteiger partial charge in [-0.05, 0) is 38.5 Å². The average molecular weight is 816 g/mol. The van der Waals surface area contributed by atoms with Crippen LogP contribution in [-0.2, 0) is 27.9 Å². The predicted octanol–water partition coefficient (Wildman–Crippen LogP) is 14.6. The van der Waals surface area contributed by atoms with Crippen LogP contribution in [0.1, 0.15) is 245 Å². The van der Waals surface area contributed by atoms with Crippen LogP contribution in [0.3, 0.4) is 0 Å². The van der Waals surface area contributed by atoms with Crippen LogP contribution in [0.5, 0.6) is 0 Å². The molecule has 0 aliphatic carbocycles. The molecule has 2 atom stereocenters. The van der Waals surface area contributed by atoms with Gasteiger partial charge in [-0.2, -0.15) is 0 Å². The average Bonchev–Trinajstić information content (AvgIpc) is 3.19. The first-order chi connectivity index (χ1) is 27.4. The van der Waals surface area contributed by atoms with Gasteiger partial charge in [0.2, 0.25) is 0 Å². The Bertz CT molecular complexity index is 873. The highest BCUT2D eigenvalue weighted by Gasteiger charge is 2.25. The van der Waals surface area contributed by atoms with Crippen LogP contribution in [0, 0.1) is 0 Å². The Morgan fingerprint density at radius 3 is 1.30 bits per heavy atom. The van der Waals surface area contributed by atoms with Gasteiger partial charge in [-0.15, -0.1) is 0 Å². The maximum absolute atomic E-state index is 12.6. The van der Waals surface area contributed by atoms with E-state index in [4.69, 9.17) is 24.3 Å². The van der Waals surface area contributed by atoms with E-state index in [9.17, 15) is 14.3 Å². The van der Waals surface area contributed by atoms with E-state index in [1.54, 1.807) is 0 Å². The second kappa shape index (κ2) is 45.3. The van der Waals surface area contributed by atoms with Crippen molar-refractivity contribution in [1.29, 1.82) is 0 Å². The van der Waals surface area contributed by atoms with E-state index in [0.717, 1.165) is 32.1 Å². The Kier molecular flexibility index (Phi) is 44.7. The summed E-state index contributed by atoms with van der Waals surface area (Å²) in [6.07, 6.45) is 49.5. The first-order valence-electron chi connectivity index (χ1n) is 24.2. The van der Waals surface area contributed by atoms with Crippen molar-refractivity contribution in [1.82, 2.24) is 0 Å². The van der Waals surface area contributed by atoms with Gasteiger partial charge in [-0.25, -0.2) is 4.57 Å². The third-order valence-corrected chi connectivity index (χ3v) is 11.7. The molecule has 56 heavy (non-hydrogen) atoms. The van der Waals surface area contributed by atoms with Crippen LogP contribution in [0.2, 0.25) is 0 Å². The molecular formula is C47H94NO7P. The van der Waals surface area contributed by atoms with Gasteiger partial charge >= 0.3 is 13.8 Å². The second-order valence-electron chi connectivity index (χ2n) is 16.3. The minimum Gasteiger partial charge on any atom is -0.457 e. The molecule has 2 unspecified atom stereocenters. The first kappa shape index (κ1) is 55.2. The molecule has 0 bridgehead atoms. The van der Waals surface area contributed by atoms with Crippen LogP contribution in [0.15, 0.2) is 12.2 Å². The lowest BCUT2D eigenvalue weighted by atomic mass is 10.0. The lowest BCUT2D eigenvalue weighted by molar-refractivity contribution is -0.154. The molecule has 0 radical (unpaired) electrons. The molecule has 0 aliphatic heterocycles. The van der Waals surface area contributed by atoms with Gasteiger partial charge in [-0.3, -0.25) is 13.8 Å². The Morgan fingerprint density at radius 2 is 0.893 bits per heavy atom. The molecule has 0 aliphatic rings. The molecule has 0 saturated heterocycles. The molecule has 0 fully saturated rings. The summed E-state index contributed by atoms with van der Waals surface area (Å²) in [6.45, 7) is 4.98. The van der Waals surface area contributed by atoms with Crippen molar-refractivity contribution in [2.45, 2.75) is 251 Å². The fraction of sp³-hybridized carbons (Fsp3) is 0.936. The standard InChI is InChI=1S/C47H94NO7P/c1-3-5-7-9-11-13-15-17-19-20-21-22-23-24-25-26-27-28-30-32-34-36-38-40-47(49)55-46(45-54-56(50,51)53-43-41-48)44-52-42-39-37-35-33-31-29-18-16-14-12-10-8-6-4-2/h20-21,46H,3-19,22-45,48H2,1-2H3,(H,50,51)/b21-20-. The molecule has 9 heteroatoms. The van der Waals surface area contributed by atoms with Crippen molar-refractivity contribution < 1.29 is 32.8 Å². The van der Waals surface area contributed by atoms with Crippen LogP contribution in [-0.4, -0.2) is 49.9 Å². The third kappa shape index (κ3) is 44.3. The summed E-state index contributed by atoms with van der Waals surface area (Å²) < 4.78 is 33.5. The van der Waals surface area contributed by atoms with Gasteiger partial charge in [0.25, 0.3) is 0 Å². The number of hydrogen-bond acceptors (Lipinski definition) is 7. The molecule has 0 aromatic heterocycles. The quantitative estimate of drug-likeness (QED) is 0.0270. The normalized spacial score (nSPS) is 13.4. The van der Waals surface area contributed by atoms with E-state index in [2.05, 4.69) is 26.0 Å². The predicted molar refractivity (Wildman–Crippen MR) is 238 cm³/mol. The fourth-order valence-corrected chi connectivity index (χ4v) is 7.88. The number of phosphoric ester groups is 1. The number of rotatable bonds is 47. The Labute approximate surface area is 347 Å². The lowest BCUT2D eigenvalue weighted by Gasteiger charge is -2.20. The smallest absolute Gasteiger partial charge is 0.457 e. The van der Waals surface area contributed by atoms with Crippen molar-refractivity contribution in [3.63, 3.8) is 0 Å². The van der Waals surface area contributed by atoms with Gasteiger partial charge < -0.3 is 20.1 Å². The largest absolute Gasteiger partial charge is 0.472 e. The lowest BCUT2D eigenvalue weighted by Crippen LogP contribution is -2.28. The van der Waals surface area contributed by atoms with Crippen molar-refractivity contribution >= 4 is 13.8 Å². The van der Waals surface area contributed by atoms with Gasteiger partial charge in [0.15, 0.2) is 0 Å². The second-order valence-corrected chi connectivity index (χ2v) is 17.8. The highest BCUT2D eigenvalue weighted by molar-refractivity contribution is 7.47. The monoisotopic (exact) mass is 816 g/mol. The van der Waals surface area contributed by atoms with Crippen molar-refractivity contribution in [3.05, 3.63) is 12.2 Å². The van der Waals surface area contributed by atoms with E-state index in [1.807, 2.05) is 0 Å². The number of hydrogen-bond donors (Lipinski definition) is 2. The van der Waals surface area contributed by atoms with E-state index >= 15 is 0 Å². The number of ether oxygens (including phenoxy) is 2. The summed E-state index contributed by atoms with van der Waals surface area (Å²) in [5.74, 6) is -0.326. The van der Waals surface area contributed by atoms with Crippen molar-refractivity contribution in [2.24, 2.45) is 5.73 Å². The number of nitrogens with two attached hydrogens (primary N) is 1. The van der Waals surface area contributed by atoms with E-state index in [-0.39, 0.29) is 32.3 Å². The molecule has 8 nitrogen and oxygen atoms in total. The van der Waals surface area contributed by atoms with Crippen LogP contribution >= 0.6 is 7.82 Å². The van der Waals surface area contributed by atoms with Crippen LogP contribution in [0.4, 0.5) is 0 Å². The molecule has 3 N–H and O–H groups in total. The molecule has 0 aromatic rings. The molecule has 334 valence electrons. The SMILES string of the molecule is CCCCCCCCCC/C=C\CCCCCCCCCCCCCC(=O)OC(COCCCCCCCCCCCCCCCC)COP(=O)(O)OCCN. The minimum atomic E-state index is -4.27. The highest BCUT2D eigenvalue weighted by atomic mass is 31.2. The maximum atomic E-state index is 12.6. The zero-order valence-corrected chi connectivity index (χ0v) is 38.0. The van der Waals surface area contributed by atoms with Gasteiger partial charge in [0, 0.05) is 19.6 Å². The summed E-state index contributed by atoms with van der Waals surface area (Å²) >= 11 is 0. The first-order valence-corrected chi connectivity index (χ1v) is 25.7.